The molecule has 4 heteroatoms. The highest BCUT2D eigenvalue weighted by Crippen LogP contribution is 2.33. The second kappa shape index (κ2) is 9.22. The number of hydrogen-bond donors (Lipinski definition) is 1. The predicted molar refractivity (Wildman–Crippen MR) is 116 cm³/mol. The Balaban J connectivity index is 2.43. The maximum absolute atomic E-state index is 9.80. The van der Waals surface area contributed by atoms with Crippen molar-refractivity contribution in [3.63, 3.8) is 0 Å². The van der Waals surface area contributed by atoms with Crippen LogP contribution in [-0.2, 0) is 6.42 Å². The van der Waals surface area contributed by atoms with E-state index in [1.165, 1.54) is 16.7 Å². The van der Waals surface area contributed by atoms with E-state index in [1.54, 1.807) is 6.07 Å². The summed E-state index contributed by atoms with van der Waals surface area (Å²) in [6, 6.07) is 12.0. The van der Waals surface area contributed by atoms with Crippen LogP contribution in [0.5, 0.6) is 5.75 Å². The first-order valence-electron chi connectivity index (χ1n) is 8.69. The van der Waals surface area contributed by atoms with Crippen molar-refractivity contribution >= 4 is 34.6 Å². The Morgan fingerprint density at radius 3 is 2.68 bits per heavy atom. The summed E-state index contributed by atoms with van der Waals surface area (Å²) < 4.78 is 1.07. The summed E-state index contributed by atoms with van der Waals surface area (Å²) in [6.45, 7) is 7.37. The number of phenols is 1. The maximum Gasteiger partial charge on any atom is 0.115 e. The Morgan fingerprint density at radius 2 is 2.04 bits per heavy atom. The van der Waals surface area contributed by atoms with Gasteiger partial charge in [-0.3, -0.25) is 0 Å². The summed E-state index contributed by atoms with van der Waals surface area (Å²) in [7, 11) is 2.03. The van der Waals surface area contributed by atoms with Gasteiger partial charge in [-0.05, 0) is 60.7 Å². The van der Waals surface area contributed by atoms with E-state index in [1.807, 2.05) is 25.5 Å². The number of rotatable bonds is 7. The quantitative estimate of drug-likeness (QED) is 0.264. The minimum absolute atomic E-state index is 0.236. The van der Waals surface area contributed by atoms with Gasteiger partial charge in [-0.2, -0.15) is 0 Å². The fraction of sp³-hybridized carbons (Fsp3) is 0.381. The summed E-state index contributed by atoms with van der Waals surface area (Å²) in [5.74, 6) is 0.556. The summed E-state index contributed by atoms with van der Waals surface area (Å²) in [5.41, 5.74) is 6.01. The van der Waals surface area contributed by atoms with Gasteiger partial charge in [-0.25, -0.2) is 4.99 Å². The first-order chi connectivity index (χ1) is 12.0. The van der Waals surface area contributed by atoms with E-state index < -0.39 is 0 Å². The SMILES string of the molecule is CCN(C)/C=N/c1cc(CCI)c(C(C)c2cccc(O)c2)cc1C. The molecule has 1 unspecified atom stereocenters. The Kier molecular flexibility index (Phi) is 7.29. The van der Waals surface area contributed by atoms with Crippen molar-refractivity contribution in [3.8, 4) is 5.75 Å². The van der Waals surface area contributed by atoms with Crippen LogP contribution in [0.1, 0.15) is 42.0 Å². The average Bonchev–Trinajstić information content (AvgIpc) is 2.61. The Bertz CT molecular complexity index is 743. The van der Waals surface area contributed by atoms with Crippen LogP contribution in [0.4, 0.5) is 5.69 Å². The Labute approximate surface area is 164 Å². The second-order valence-corrected chi connectivity index (χ2v) is 7.49. The van der Waals surface area contributed by atoms with E-state index in [2.05, 4.69) is 71.5 Å². The standard InChI is InChI=1S/C21H27IN2O/c1-5-24(4)14-23-21-13-18(9-10-22)20(11-15(21)2)16(3)17-7-6-8-19(25)12-17/h6-8,11-14,16,25H,5,9-10H2,1-4H3/b23-14+. The van der Waals surface area contributed by atoms with Crippen LogP contribution in [-0.4, -0.2) is 34.4 Å². The molecule has 0 saturated heterocycles. The molecule has 0 bridgehead atoms. The summed E-state index contributed by atoms with van der Waals surface area (Å²) in [5, 5.41) is 9.80. The van der Waals surface area contributed by atoms with Gasteiger partial charge >= 0.3 is 0 Å². The fourth-order valence-corrected chi connectivity index (χ4v) is 3.42. The van der Waals surface area contributed by atoms with Crippen molar-refractivity contribution in [2.45, 2.75) is 33.1 Å². The van der Waals surface area contributed by atoms with E-state index in [4.69, 9.17) is 0 Å². The van der Waals surface area contributed by atoms with Crippen LogP contribution in [0, 0.1) is 6.92 Å². The van der Waals surface area contributed by atoms with Crippen LogP contribution in [0.15, 0.2) is 41.4 Å². The predicted octanol–water partition coefficient (Wildman–Crippen LogP) is 5.44. The van der Waals surface area contributed by atoms with Gasteiger partial charge in [0.25, 0.3) is 0 Å². The van der Waals surface area contributed by atoms with Crippen molar-refractivity contribution in [3.05, 3.63) is 58.7 Å². The van der Waals surface area contributed by atoms with Gasteiger partial charge in [0.2, 0.25) is 0 Å². The molecule has 0 aliphatic rings. The highest BCUT2D eigenvalue weighted by molar-refractivity contribution is 14.1. The van der Waals surface area contributed by atoms with Gasteiger partial charge in [0.1, 0.15) is 5.75 Å². The second-order valence-electron chi connectivity index (χ2n) is 6.41. The fourth-order valence-electron chi connectivity index (χ4n) is 2.84. The smallest absolute Gasteiger partial charge is 0.115 e. The number of aliphatic imine (C=N–C) groups is 1. The molecule has 2 aromatic rings. The number of alkyl halides is 1. The van der Waals surface area contributed by atoms with E-state index in [0.29, 0.717) is 5.75 Å². The molecule has 0 radical (unpaired) electrons. The van der Waals surface area contributed by atoms with Crippen molar-refractivity contribution in [2.75, 3.05) is 18.0 Å². The number of nitrogens with zero attached hydrogens (tertiary/aromatic N) is 2. The van der Waals surface area contributed by atoms with Gasteiger partial charge in [-0.15, -0.1) is 0 Å². The van der Waals surface area contributed by atoms with E-state index in [-0.39, 0.29) is 5.92 Å². The number of halogens is 1. The third kappa shape index (κ3) is 5.21. The first kappa shape index (κ1) is 19.8. The zero-order valence-electron chi connectivity index (χ0n) is 15.5. The van der Waals surface area contributed by atoms with Gasteiger partial charge in [0.15, 0.2) is 0 Å². The Hall–Kier alpha value is -1.56. The highest BCUT2D eigenvalue weighted by Gasteiger charge is 2.15. The van der Waals surface area contributed by atoms with Crippen molar-refractivity contribution in [1.82, 2.24) is 4.90 Å². The molecule has 0 saturated carbocycles. The van der Waals surface area contributed by atoms with E-state index in [0.717, 1.165) is 28.6 Å². The van der Waals surface area contributed by atoms with Gasteiger partial charge in [-0.1, -0.05) is 47.7 Å². The molecule has 1 atom stereocenters. The van der Waals surface area contributed by atoms with Crippen molar-refractivity contribution in [2.24, 2.45) is 4.99 Å². The number of aryl methyl sites for hydroxylation is 2. The molecule has 0 aliphatic carbocycles. The molecular weight excluding hydrogens is 423 g/mol. The minimum Gasteiger partial charge on any atom is -0.508 e. The van der Waals surface area contributed by atoms with Crippen molar-refractivity contribution in [1.29, 1.82) is 0 Å². The molecule has 3 nitrogen and oxygen atoms in total. The lowest BCUT2D eigenvalue weighted by Gasteiger charge is -2.19. The van der Waals surface area contributed by atoms with E-state index >= 15 is 0 Å². The zero-order chi connectivity index (χ0) is 18.4. The monoisotopic (exact) mass is 450 g/mol. The lowest BCUT2D eigenvalue weighted by Crippen LogP contribution is -2.14. The summed E-state index contributed by atoms with van der Waals surface area (Å²) in [4.78, 5) is 6.74. The summed E-state index contributed by atoms with van der Waals surface area (Å²) >= 11 is 2.42. The highest BCUT2D eigenvalue weighted by atomic mass is 127. The van der Waals surface area contributed by atoms with Crippen molar-refractivity contribution < 1.29 is 5.11 Å². The minimum atomic E-state index is 0.236. The van der Waals surface area contributed by atoms with Gasteiger partial charge < -0.3 is 10.0 Å². The van der Waals surface area contributed by atoms with Crippen LogP contribution in [0.25, 0.3) is 0 Å². The lowest BCUT2D eigenvalue weighted by molar-refractivity contribution is 0.474. The van der Waals surface area contributed by atoms with Crippen LogP contribution in [0.3, 0.4) is 0 Å². The van der Waals surface area contributed by atoms with Crippen LogP contribution in [0.2, 0.25) is 0 Å². The average molecular weight is 450 g/mol. The largest absolute Gasteiger partial charge is 0.508 e. The molecule has 134 valence electrons. The molecule has 0 heterocycles. The molecule has 25 heavy (non-hydrogen) atoms. The number of aromatic hydroxyl groups is 1. The molecule has 2 aromatic carbocycles. The third-order valence-electron chi connectivity index (χ3n) is 4.55. The Morgan fingerprint density at radius 1 is 1.28 bits per heavy atom. The molecule has 0 amide bonds. The number of phenolic OH excluding ortho intramolecular Hbond substituents is 1. The van der Waals surface area contributed by atoms with Gasteiger partial charge in [0.05, 0.1) is 12.0 Å². The van der Waals surface area contributed by atoms with Crippen LogP contribution < -0.4 is 0 Å². The maximum atomic E-state index is 9.80. The normalized spacial score (nSPS) is 12.5. The topological polar surface area (TPSA) is 35.8 Å². The summed E-state index contributed by atoms with van der Waals surface area (Å²) in [6.07, 6.45) is 2.92. The van der Waals surface area contributed by atoms with Gasteiger partial charge in [0, 0.05) is 23.9 Å². The molecule has 2 rings (SSSR count). The zero-order valence-corrected chi connectivity index (χ0v) is 17.6. The molecule has 0 aliphatic heterocycles. The molecular formula is C21H27IN2O. The number of hydrogen-bond acceptors (Lipinski definition) is 2. The first-order valence-corrected chi connectivity index (χ1v) is 10.2. The molecule has 0 fully saturated rings. The lowest BCUT2D eigenvalue weighted by atomic mass is 9.87. The molecule has 1 N–H and O–H groups in total. The molecule has 0 spiro atoms. The van der Waals surface area contributed by atoms with E-state index in [9.17, 15) is 5.11 Å². The third-order valence-corrected chi connectivity index (χ3v) is 5.09. The molecule has 0 aromatic heterocycles. The van der Waals surface area contributed by atoms with Crippen LogP contribution >= 0.6 is 22.6 Å². The number of benzene rings is 2.